The van der Waals surface area contributed by atoms with Crippen molar-refractivity contribution in [2.75, 3.05) is 6.54 Å². The number of hydrogen-bond acceptors (Lipinski definition) is 3. The molecule has 0 saturated carbocycles. The minimum atomic E-state index is -0.306. The molecule has 5 heteroatoms. The van der Waals surface area contributed by atoms with Crippen LogP contribution in [0.4, 0.5) is 4.39 Å². The van der Waals surface area contributed by atoms with Crippen LogP contribution in [0.5, 0.6) is 0 Å². The molecule has 0 saturated heterocycles. The van der Waals surface area contributed by atoms with Crippen LogP contribution in [0.2, 0.25) is 0 Å². The molecule has 3 nitrogen and oxygen atoms in total. The van der Waals surface area contributed by atoms with E-state index in [-0.39, 0.29) is 11.9 Å². The Kier molecular flexibility index (Phi) is 4.38. The summed E-state index contributed by atoms with van der Waals surface area (Å²) in [5, 5.41) is 3.22. The first-order valence-corrected chi connectivity index (χ1v) is 6.46. The van der Waals surface area contributed by atoms with E-state index >= 15 is 0 Å². The molecule has 1 aromatic heterocycles. The van der Waals surface area contributed by atoms with Gasteiger partial charge in [0, 0.05) is 22.4 Å². The Hall–Kier alpha value is -1.33. The summed E-state index contributed by atoms with van der Waals surface area (Å²) in [6, 6.07) is 4.63. The van der Waals surface area contributed by atoms with Crippen LogP contribution in [0, 0.1) is 5.82 Å². The highest BCUT2D eigenvalue weighted by Gasteiger charge is 2.20. The number of halogens is 2. The third-order valence-corrected chi connectivity index (χ3v) is 3.27. The van der Waals surface area contributed by atoms with Crippen molar-refractivity contribution in [3.05, 3.63) is 58.3 Å². The lowest BCUT2D eigenvalue weighted by atomic mass is 10.0. The molecular weight excluding hydrogens is 297 g/mol. The molecule has 2 aromatic rings. The molecule has 18 heavy (non-hydrogen) atoms. The molecule has 0 aliphatic carbocycles. The first kappa shape index (κ1) is 13.1. The SMILES string of the molecule is CCNC(c1cnccn1)c1c(F)cccc1Br. The fourth-order valence-electron chi connectivity index (χ4n) is 1.80. The highest BCUT2D eigenvalue weighted by molar-refractivity contribution is 9.10. The summed E-state index contributed by atoms with van der Waals surface area (Å²) >= 11 is 3.39. The van der Waals surface area contributed by atoms with E-state index in [9.17, 15) is 4.39 Å². The maximum absolute atomic E-state index is 14.0. The van der Waals surface area contributed by atoms with Gasteiger partial charge in [-0.1, -0.05) is 28.9 Å². The first-order valence-electron chi connectivity index (χ1n) is 5.67. The van der Waals surface area contributed by atoms with Gasteiger partial charge >= 0.3 is 0 Å². The summed E-state index contributed by atoms with van der Waals surface area (Å²) in [6.45, 7) is 2.68. The van der Waals surface area contributed by atoms with Gasteiger partial charge in [-0.05, 0) is 18.7 Å². The third-order valence-electron chi connectivity index (χ3n) is 2.58. The fourth-order valence-corrected chi connectivity index (χ4v) is 2.38. The van der Waals surface area contributed by atoms with Gasteiger partial charge in [0.1, 0.15) is 5.82 Å². The van der Waals surface area contributed by atoms with Crippen molar-refractivity contribution in [1.29, 1.82) is 0 Å². The lowest BCUT2D eigenvalue weighted by molar-refractivity contribution is 0.548. The second-order valence-electron chi connectivity index (χ2n) is 3.76. The molecule has 1 heterocycles. The van der Waals surface area contributed by atoms with Crippen LogP contribution in [0.1, 0.15) is 24.2 Å². The summed E-state index contributed by atoms with van der Waals surface area (Å²) in [7, 11) is 0. The molecule has 1 aromatic carbocycles. The normalized spacial score (nSPS) is 12.4. The Morgan fingerprint density at radius 2 is 2.22 bits per heavy atom. The van der Waals surface area contributed by atoms with Crippen molar-refractivity contribution < 1.29 is 4.39 Å². The van der Waals surface area contributed by atoms with Gasteiger partial charge in [0.05, 0.1) is 17.9 Å². The van der Waals surface area contributed by atoms with Gasteiger partial charge in [0.25, 0.3) is 0 Å². The summed E-state index contributed by atoms with van der Waals surface area (Å²) in [6.07, 6.45) is 4.85. The highest BCUT2D eigenvalue weighted by atomic mass is 79.9. The summed E-state index contributed by atoms with van der Waals surface area (Å²) < 4.78 is 14.7. The van der Waals surface area contributed by atoms with Crippen molar-refractivity contribution in [3.63, 3.8) is 0 Å². The Bertz CT molecular complexity index is 499. The van der Waals surface area contributed by atoms with Crippen LogP contribution >= 0.6 is 15.9 Å². The van der Waals surface area contributed by atoms with Crippen LogP contribution in [-0.2, 0) is 0 Å². The van der Waals surface area contributed by atoms with E-state index in [1.165, 1.54) is 6.07 Å². The number of aromatic nitrogens is 2. The fraction of sp³-hybridized carbons (Fsp3) is 0.231. The molecule has 1 unspecified atom stereocenters. The largest absolute Gasteiger partial charge is 0.305 e. The maximum Gasteiger partial charge on any atom is 0.129 e. The van der Waals surface area contributed by atoms with Gasteiger partial charge < -0.3 is 5.32 Å². The number of hydrogen-bond donors (Lipinski definition) is 1. The van der Waals surface area contributed by atoms with Crippen molar-refractivity contribution in [1.82, 2.24) is 15.3 Å². The van der Waals surface area contributed by atoms with E-state index in [2.05, 4.69) is 31.2 Å². The predicted octanol–water partition coefficient (Wildman–Crippen LogP) is 3.08. The molecule has 0 fully saturated rings. The Balaban J connectivity index is 2.48. The van der Waals surface area contributed by atoms with E-state index in [1.807, 2.05) is 13.0 Å². The van der Waals surface area contributed by atoms with Gasteiger partial charge in [-0.3, -0.25) is 9.97 Å². The quantitative estimate of drug-likeness (QED) is 0.943. The third kappa shape index (κ3) is 2.73. The molecule has 0 radical (unpaired) electrons. The van der Waals surface area contributed by atoms with E-state index < -0.39 is 0 Å². The molecule has 0 spiro atoms. The Morgan fingerprint density at radius 3 is 2.83 bits per heavy atom. The monoisotopic (exact) mass is 309 g/mol. The lowest BCUT2D eigenvalue weighted by Gasteiger charge is -2.19. The molecule has 1 atom stereocenters. The molecule has 0 aliphatic rings. The van der Waals surface area contributed by atoms with Gasteiger partial charge in [-0.15, -0.1) is 0 Å². The number of rotatable bonds is 4. The Morgan fingerprint density at radius 1 is 1.39 bits per heavy atom. The molecule has 0 amide bonds. The first-order chi connectivity index (χ1) is 8.74. The smallest absolute Gasteiger partial charge is 0.129 e. The molecule has 94 valence electrons. The van der Waals surface area contributed by atoms with Crippen LogP contribution in [-0.4, -0.2) is 16.5 Å². The van der Waals surface area contributed by atoms with E-state index in [0.717, 1.165) is 4.47 Å². The zero-order valence-corrected chi connectivity index (χ0v) is 11.5. The van der Waals surface area contributed by atoms with Crippen LogP contribution < -0.4 is 5.32 Å². The van der Waals surface area contributed by atoms with E-state index in [0.29, 0.717) is 17.8 Å². The highest BCUT2D eigenvalue weighted by Crippen LogP contribution is 2.29. The van der Waals surface area contributed by atoms with Crippen molar-refractivity contribution >= 4 is 15.9 Å². The Labute approximate surface area is 114 Å². The number of nitrogens with zero attached hydrogens (tertiary/aromatic N) is 2. The van der Waals surface area contributed by atoms with Gasteiger partial charge in [0.2, 0.25) is 0 Å². The van der Waals surface area contributed by atoms with Crippen molar-refractivity contribution in [2.45, 2.75) is 13.0 Å². The molecule has 0 aliphatic heterocycles. The van der Waals surface area contributed by atoms with Crippen LogP contribution in [0.15, 0.2) is 41.3 Å². The summed E-state index contributed by atoms with van der Waals surface area (Å²) in [5.41, 5.74) is 1.25. The average Bonchev–Trinajstić information content (AvgIpc) is 2.38. The maximum atomic E-state index is 14.0. The van der Waals surface area contributed by atoms with Gasteiger partial charge in [-0.25, -0.2) is 4.39 Å². The second kappa shape index (κ2) is 6.02. The average molecular weight is 310 g/mol. The standard InChI is InChI=1S/C13H13BrFN3/c1-2-17-13(11-8-16-6-7-18-11)12-9(14)4-3-5-10(12)15/h3-8,13,17H,2H2,1H3. The van der Waals surface area contributed by atoms with E-state index in [1.54, 1.807) is 24.7 Å². The minimum Gasteiger partial charge on any atom is -0.305 e. The molecule has 2 rings (SSSR count). The van der Waals surface area contributed by atoms with Crippen LogP contribution in [0.25, 0.3) is 0 Å². The topological polar surface area (TPSA) is 37.8 Å². The van der Waals surface area contributed by atoms with Crippen LogP contribution in [0.3, 0.4) is 0 Å². The minimum absolute atomic E-state index is 0.263. The number of benzene rings is 1. The zero-order valence-electron chi connectivity index (χ0n) is 9.90. The van der Waals surface area contributed by atoms with E-state index in [4.69, 9.17) is 0 Å². The van der Waals surface area contributed by atoms with Gasteiger partial charge in [-0.2, -0.15) is 0 Å². The van der Waals surface area contributed by atoms with Crippen molar-refractivity contribution in [3.8, 4) is 0 Å². The molecular formula is C13H13BrFN3. The molecule has 1 N–H and O–H groups in total. The second-order valence-corrected chi connectivity index (χ2v) is 4.61. The number of nitrogens with one attached hydrogen (secondary N) is 1. The zero-order chi connectivity index (χ0) is 13.0. The van der Waals surface area contributed by atoms with Gasteiger partial charge in [0.15, 0.2) is 0 Å². The lowest BCUT2D eigenvalue weighted by Crippen LogP contribution is -2.24. The predicted molar refractivity (Wildman–Crippen MR) is 71.7 cm³/mol. The summed E-state index contributed by atoms with van der Waals surface area (Å²) in [5.74, 6) is -0.263. The molecule has 0 bridgehead atoms. The summed E-state index contributed by atoms with van der Waals surface area (Å²) in [4.78, 5) is 8.28. The van der Waals surface area contributed by atoms with Crippen molar-refractivity contribution in [2.24, 2.45) is 0 Å².